The van der Waals surface area contributed by atoms with Crippen molar-refractivity contribution >= 4 is 21.8 Å². The van der Waals surface area contributed by atoms with E-state index in [1.165, 1.54) is 0 Å². The minimum Gasteiger partial charge on any atom is -0.368 e. The number of carbonyl (C=O) groups is 1. The summed E-state index contributed by atoms with van der Waals surface area (Å²) in [5.41, 5.74) is 13.5. The van der Waals surface area contributed by atoms with E-state index in [4.69, 9.17) is 11.3 Å². The van der Waals surface area contributed by atoms with Crippen molar-refractivity contribution in [3.05, 3.63) is 44.7 Å². The van der Waals surface area contributed by atoms with Crippen LogP contribution in [0.4, 0.5) is 0 Å². The summed E-state index contributed by atoms with van der Waals surface area (Å²) in [7, 11) is 0. The van der Waals surface area contributed by atoms with Gasteiger partial charge in [0.1, 0.15) is 5.54 Å². The number of nitrogens with zero attached hydrogens (tertiary/aromatic N) is 3. The van der Waals surface area contributed by atoms with Crippen molar-refractivity contribution < 1.29 is 4.79 Å². The van der Waals surface area contributed by atoms with Gasteiger partial charge in [0.25, 0.3) is 0 Å². The van der Waals surface area contributed by atoms with Crippen LogP contribution in [0.5, 0.6) is 0 Å². The molecule has 0 aliphatic carbocycles. The van der Waals surface area contributed by atoms with Gasteiger partial charge in [0.15, 0.2) is 0 Å². The molecule has 1 unspecified atom stereocenters. The lowest BCUT2D eigenvalue weighted by Gasteiger charge is -2.28. The van der Waals surface area contributed by atoms with Crippen LogP contribution in [0.3, 0.4) is 0 Å². The summed E-state index contributed by atoms with van der Waals surface area (Å²) < 4.78 is 0.937. The minimum absolute atomic E-state index is 0.388. The summed E-state index contributed by atoms with van der Waals surface area (Å²) in [5, 5.41) is 6.56. The molecule has 0 aliphatic rings. The first kappa shape index (κ1) is 15.5. The van der Waals surface area contributed by atoms with E-state index in [1.807, 2.05) is 24.3 Å². The van der Waals surface area contributed by atoms with Gasteiger partial charge < -0.3 is 5.73 Å². The largest absolute Gasteiger partial charge is 0.368 e. The predicted molar refractivity (Wildman–Crippen MR) is 77.3 cm³/mol. The molecule has 0 radical (unpaired) electrons. The van der Waals surface area contributed by atoms with Gasteiger partial charge in [0.05, 0.1) is 0 Å². The summed E-state index contributed by atoms with van der Waals surface area (Å²) in [6.07, 6.45) is 0.642. The molecule has 19 heavy (non-hydrogen) atoms. The van der Waals surface area contributed by atoms with Crippen LogP contribution in [0, 0.1) is 0 Å². The van der Waals surface area contributed by atoms with E-state index < -0.39 is 11.4 Å². The first-order valence-corrected chi connectivity index (χ1v) is 6.62. The van der Waals surface area contributed by atoms with Gasteiger partial charge in [-0.15, -0.1) is 0 Å². The Bertz CT molecular complexity index is 483. The van der Waals surface area contributed by atoms with Crippen LogP contribution in [0.1, 0.15) is 18.9 Å². The van der Waals surface area contributed by atoms with Crippen LogP contribution < -0.4 is 11.1 Å². The Morgan fingerprint density at radius 1 is 1.53 bits per heavy atom. The van der Waals surface area contributed by atoms with Crippen LogP contribution in [0.2, 0.25) is 0 Å². The number of benzene rings is 1. The maximum absolute atomic E-state index is 11.7. The van der Waals surface area contributed by atoms with E-state index in [1.54, 1.807) is 6.92 Å². The zero-order valence-electron chi connectivity index (χ0n) is 10.6. The Hall–Kier alpha value is -1.56. The molecule has 6 nitrogen and oxygen atoms in total. The van der Waals surface area contributed by atoms with Crippen molar-refractivity contribution in [3.63, 3.8) is 0 Å². The lowest BCUT2D eigenvalue weighted by molar-refractivity contribution is -0.124. The van der Waals surface area contributed by atoms with Crippen LogP contribution in [-0.2, 0) is 10.3 Å². The molecule has 1 atom stereocenters. The number of hydrogen-bond donors (Lipinski definition) is 2. The van der Waals surface area contributed by atoms with Gasteiger partial charge in [-0.3, -0.25) is 10.1 Å². The third-order valence-electron chi connectivity index (χ3n) is 2.89. The van der Waals surface area contributed by atoms with E-state index in [-0.39, 0.29) is 0 Å². The third-order valence-corrected chi connectivity index (χ3v) is 3.42. The normalized spacial score (nSPS) is 13.4. The summed E-state index contributed by atoms with van der Waals surface area (Å²) in [6.45, 7) is 2.67. The highest BCUT2D eigenvalue weighted by Crippen LogP contribution is 2.22. The molecule has 1 aromatic rings. The zero-order chi connectivity index (χ0) is 14.3. The topological polar surface area (TPSA) is 104 Å². The van der Waals surface area contributed by atoms with Crippen LogP contribution in [0.25, 0.3) is 10.4 Å². The summed E-state index contributed by atoms with van der Waals surface area (Å²) in [6, 6.07) is 7.40. The Kier molecular flexibility index (Phi) is 5.82. The number of halogens is 1. The second-order valence-electron chi connectivity index (χ2n) is 4.23. The van der Waals surface area contributed by atoms with Gasteiger partial charge in [-0.25, -0.2) is 0 Å². The van der Waals surface area contributed by atoms with Crippen molar-refractivity contribution in [2.24, 2.45) is 10.8 Å². The van der Waals surface area contributed by atoms with Gasteiger partial charge >= 0.3 is 0 Å². The number of amides is 1. The van der Waals surface area contributed by atoms with Crippen molar-refractivity contribution in [2.75, 3.05) is 13.1 Å². The molecule has 7 heteroatoms. The Balaban J connectivity index is 2.76. The number of hydrogen-bond acceptors (Lipinski definition) is 3. The fourth-order valence-corrected chi connectivity index (χ4v) is 1.91. The maximum Gasteiger partial charge on any atom is 0.242 e. The number of primary amides is 1. The molecule has 0 spiro atoms. The number of nitrogens with one attached hydrogen (secondary N) is 1. The quantitative estimate of drug-likeness (QED) is 0.348. The third kappa shape index (κ3) is 4.24. The van der Waals surface area contributed by atoms with Gasteiger partial charge in [0.2, 0.25) is 5.91 Å². The number of nitrogens with two attached hydrogens (primary N) is 1. The van der Waals surface area contributed by atoms with E-state index in [9.17, 15) is 4.79 Å². The molecule has 0 saturated heterocycles. The molecule has 1 amide bonds. The van der Waals surface area contributed by atoms with Crippen molar-refractivity contribution in [3.8, 4) is 0 Å². The van der Waals surface area contributed by atoms with E-state index in [2.05, 4.69) is 31.3 Å². The van der Waals surface area contributed by atoms with Crippen LogP contribution in [-0.4, -0.2) is 19.0 Å². The van der Waals surface area contributed by atoms with Gasteiger partial charge in [-0.05, 0) is 43.1 Å². The van der Waals surface area contributed by atoms with E-state index in [0.29, 0.717) is 19.5 Å². The first-order chi connectivity index (χ1) is 9.00. The molecule has 102 valence electrons. The fraction of sp³-hybridized carbons (Fsp3) is 0.417. The lowest BCUT2D eigenvalue weighted by Crippen LogP contribution is -2.50. The van der Waals surface area contributed by atoms with Gasteiger partial charge in [0, 0.05) is 15.9 Å². The number of azide groups is 1. The fourth-order valence-electron chi connectivity index (χ4n) is 1.65. The minimum atomic E-state index is -0.933. The second kappa shape index (κ2) is 7.13. The molecular formula is C12H16BrN5O. The van der Waals surface area contributed by atoms with Gasteiger partial charge in [-0.2, -0.15) is 0 Å². The molecule has 0 aromatic heterocycles. The smallest absolute Gasteiger partial charge is 0.242 e. The van der Waals surface area contributed by atoms with Crippen molar-refractivity contribution in [1.29, 1.82) is 0 Å². The molecule has 0 saturated carbocycles. The van der Waals surface area contributed by atoms with E-state index in [0.717, 1.165) is 10.0 Å². The summed E-state index contributed by atoms with van der Waals surface area (Å²) in [4.78, 5) is 14.4. The van der Waals surface area contributed by atoms with Crippen molar-refractivity contribution in [1.82, 2.24) is 5.32 Å². The summed E-state index contributed by atoms with van der Waals surface area (Å²) in [5.74, 6) is -0.446. The first-order valence-electron chi connectivity index (χ1n) is 5.82. The highest BCUT2D eigenvalue weighted by Gasteiger charge is 2.32. The predicted octanol–water partition coefficient (Wildman–Crippen LogP) is 2.44. The maximum atomic E-state index is 11.7. The number of rotatable bonds is 7. The summed E-state index contributed by atoms with van der Waals surface area (Å²) >= 11 is 3.35. The Morgan fingerprint density at radius 2 is 2.16 bits per heavy atom. The SMILES string of the molecule is CC(NCCCN=[N+]=[N-])(C(N)=O)c1ccc(Br)cc1. The standard InChI is InChI=1S/C12H16BrN5O/c1-12(11(14)19,16-7-2-8-17-18-15)9-3-5-10(13)6-4-9/h3-6,16H,2,7-8H2,1H3,(H2,14,19). The number of carbonyl (C=O) groups excluding carboxylic acids is 1. The van der Waals surface area contributed by atoms with Gasteiger partial charge in [-0.1, -0.05) is 33.2 Å². The highest BCUT2D eigenvalue weighted by atomic mass is 79.9. The monoisotopic (exact) mass is 325 g/mol. The molecule has 3 N–H and O–H groups in total. The second-order valence-corrected chi connectivity index (χ2v) is 5.15. The Labute approximate surface area is 120 Å². The van der Waals surface area contributed by atoms with Crippen LogP contribution >= 0.6 is 15.9 Å². The molecule has 0 fully saturated rings. The van der Waals surface area contributed by atoms with E-state index >= 15 is 0 Å². The van der Waals surface area contributed by atoms with Crippen LogP contribution in [0.15, 0.2) is 33.9 Å². The molecule has 0 heterocycles. The van der Waals surface area contributed by atoms with Crippen molar-refractivity contribution in [2.45, 2.75) is 18.9 Å². The highest BCUT2D eigenvalue weighted by molar-refractivity contribution is 9.10. The molecule has 0 bridgehead atoms. The Morgan fingerprint density at radius 3 is 2.68 bits per heavy atom. The molecular weight excluding hydrogens is 310 g/mol. The molecule has 1 rings (SSSR count). The molecule has 1 aromatic carbocycles. The average Bonchev–Trinajstić information content (AvgIpc) is 2.38. The average molecular weight is 326 g/mol. The lowest BCUT2D eigenvalue weighted by atomic mass is 9.91. The zero-order valence-corrected chi connectivity index (χ0v) is 12.2. The molecule has 0 aliphatic heterocycles.